The molecule has 0 spiro atoms. The Morgan fingerprint density at radius 3 is 3.05 bits per heavy atom. The van der Waals surface area contributed by atoms with Crippen molar-refractivity contribution >= 4 is 23.2 Å². The molecule has 1 unspecified atom stereocenters. The highest BCUT2D eigenvalue weighted by Crippen LogP contribution is 2.20. The van der Waals surface area contributed by atoms with Gasteiger partial charge in [-0.25, -0.2) is 0 Å². The minimum Gasteiger partial charge on any atom is -0.329 e. The summed E-state index contributed by atoms with van der Waals surface area (Å²) in [6.45, 7) is 3.91. The predicted molar refractivity (Wildman–Crippen MR) is 78.5 cm³/mol. The van der Waals surface area contributed by atoms with Gasteiger partial charge in [0.25, 0.3) is 0 Å². The summed E-state index contributed by atoms with van der Waals surface area (Å²) in [4.78, 5) is 14.2. The van der Waals surface area contributed by atoms with Gasteiger partial charge in [0.1, 0.15) is 0 Å². The van der Waals surface area contributed by atoms with Crippen LogP contribution >= 0.6 is 11.6 Å². The fraction of sp³-hybridized carbons (Fsp3) is 0.500. The number of aryl methyl sites for hydroxylation is 1. The first-order valence-electron chi connectivity index (χ1n) is 6.60. The molecular formula is C14H20ClN3O. The molecule has 1 amide bonds. The largest absolute Gasteiger partial charge is 0.329 e. The molecule has 1 fully saturated rings. The van der Waals surface area contributed by atoms with Crippen LogP contribution in [0.1, 0.15) is 18.4 Å². The zero-order chi connectivity index (χ0) is 13.8. The first kappa shape index (κ1) is 14.3. The summed E-state index contributed by atoms with van der Waals surface area (Å²) in [6, 6.07) is 5.80. The molecule has 0 aliphatic carbocycles. The number of carbonyl (C=O) groups is 1. The van der Waals surface area contributed by atoms with Crippen LogP contribution < -0.4 is 11.1 Å². The molecule has 1 heterocycles. The van der Waals surface area contributed by atoms with E-state index in [2.05, 4.69) is 10.2 Å². The number of likely N-dealkylation sites (tertiary alicyclic amines) is 1. The lowest BCUT2D eigenvalue weighted by Gasteiger charge is -2.22. The summed E-state index contributed by atoms with van der Waals surface area (Å²) < 4.78 is 0. The number of anilines is 1. The van der Waals surface area contributed by atoms with E-state index in [0.29, 0.717) is 24.2 Å². The average molecular weight is 282 g/mol. The van der Waals surface area contributed by atoms with Crippen molar-refractivity contribution in [2.75, 3.05) is 25.0 Å². The summed E-state index contributed by atoms with van der Waals surface area (Å²) in [5.74, 6) is 0.00534. The molecule has 0 radical (unpaired) electrons. The Hall–Kier alpha value is -1.10. The summed E-state index contributed by atoms with van der Waals surface area (Å²) in [7, 11) is 0. The highest BCUT2D eigenvalue weighted by molar-refractivity contribution is 6.30. The Labute approximate surface area is 118 Å². The normalized spacial score (nSPS) is 19.6. The zero-order valence-electron chi connectivity index (χ0n) is 11.2. The molecule has 0 bridgehead atoms. The van der Waals surface area contributed by atoms with Crippen LogP contribution in [-0.2, 0) is 4.79 Å². The lowest BCUT2D eigenvalue weighted by Crippen LogP contribution is -2.40. The molecule has 1 saturated heterocycles. The molecule has 5 heteroatoms. The van der Waals surface area contributed by atoms with Crippen LogP contribution in [0.2, 0.25) is 5.02 Å². The molecule has 1 aromatic rings. The molecule has 1 aliphatic heterocycles. The quantitative estimate of drug-likeness (QED) is 0.888. The van der Waals surface area contributed by atoms with Gasteiger partial charge in [-0.1, -0.05) is 11.6 Å². The van der Waals surface area contributed by atoms with E-state index in [1.54, 1.807) is 6.07 Å². The number of hydrogen-bond donors (Lipinski definition) is 2. The average Bonchev–Trinajstić information content (AvgIpc) is 2.80. The molecule has 19 heavy (non-hydrogen) atoms. The van der Waals surface area contributed by atoms with Crippen molar-refractivity contribution in [3.63, 3.8) is 0 Å². The van der Waals surface area contributed by atoms with E-state index in [1.807, 2.05) is 19.1 Å². The molecule has 0 aromatic heterocycles. The van der Waals surface area contributed by atoms with Crippen molar-refractivity contribution in [1.29, 1.82) is 0 Å². The Balaban J connectivity index is 1.94. The molecule has 1 aliphatic rings. The maximum absolute atomic E-state index is 12.0. The maximum atomic E-state index is 12.0. The van der Waals surface area contributed by atoms with E-state index < -0.39 is 0 Å². The third-order valence-electron chi connectivity index (χ3n) is 3.58. The highest BCUT2D eigenvalue weighted by Gasteiger charge is 2.24. The van der Waals surface area contributed by atoms with E-state index in [0.717, 1.165) is 30.6 Å². The fourth-order valence-electron chi connectivity index (χ4n) is 2.51. The lowest BCUT2D eigenvalue weighted by molar-refractivity contribution is -0.117. The number of carbonyl (C=O) groups excluding carboxylic acids is 1. The Kier molecular flexibility index (Phi) is 4.80. The van der Waals surface area contributed by atoms with Crippen molar-refractivity contribution in [3.8, 4) is 0 Å². The van der Waals surface area contributed by atoms with Crippen LogP contribution in [0.15, 0.2) is 18.2 Å². The Bertz CT molecular complexity index is 464. The van der Waals surface area contributed by atoms with Crippen molar-refractivity contribution in [1.82, 2.24) is 4.90 Å². The van der Waals surface area contributed by atoms with Gasteiger partial charge in [0.15, 0.2) is 0 Å². The van der Waals surface area contributed by atoms with Crippen LogP contribution in [0, 0.1) is 6.92 Å². The topological polar surface area (TPSA) is 58.4 Å². The van der Waals surface area contributed by atoms with Gasteiger partial charge >= 0.3 is 0 Å². The van der Waals surface area contributed by atoms with Gasteiger partial charge in [-0.15, -0.1) is 0 Å². The molecule has 1 atom stereocenters. The highest BCUT2D eigenvalue weighted by atomic mass is 35.5. The number of amides is 1. The molecular weight excluding hydrogens is 262 g/mol. The number of hydrogen-bond acceptors (Lipinski definition) is 3. The van der Waals surface area contributed by atoms with Crippen LogP contribution in [-0.4, -0.2) is 36.5 Å². The number of nitrogens with zero attached hydrogens (tertiary/aromatic N) is 1. The SMILES string of the molecule is Cc1cc(Cl)ccc1NC(=O)CN1CCCC1CN. The second-order valence-corrected chi connectivity index (χ2v) is 5.45. The van der Waals surface area contributed by atoms with Crippen molar-refractivity contribution in [2.24, 2.45) is 5.73 Å². The van der Waals surface area contributed by atoms with Crippen LogP contribution in [0.5, 0.6) is 0 Å². The molecule has 1 aromatic carbocycles. The van der Waals surface area contributed by atoms with Crippen molar-refractivity contribution in [2.45, 2.75) is 25.8 Å². The summed E-state index contributed by atoms with van der Waals surface area (Å²) in [5.41, 5.74) is 7.49. The number of nitrogens with one attached hydrogen (secondary N) is 1. The molecule has 104 valence electrons. The first-order valence-corrected chi connectivity index (χ1v) is 6.98. The van der Waals surface area contributed by atoms with E-state index in [-0.39, 0.29) is 5.91 Å². The van der Waals surface area contributed by atoms with Gasteiger partial charge in [-0.2, -0.15) is 0 Å². The van der Waals surface area contributed by atoms with Crippen molar-refractivity contribution < 1.29 is 4.79 Å². The van der Waals surface area contributed by atoms with Crippen LogP contribution in [0.25, 0.3) is 0 Å². The monoisotopic (exact) mass is 281 g/mol. The summed E-state index contributed by atoms with van der Waals surface area (Å²) >= 11 is 5.89. The van der Waals surface area contributed by atoms with Crippen molar-refractivity contribution in [3.05, 3.63) is 28.8 Å². The van der Waals surface area contributed by atoms with E-state index >= 15 is 0 Å². The Morgan fingerprint density at radius 2 is 2.37 bits per heavy atom. The van der Waals surface area contributed by atoms with Gasteiger partial charge in [-0.3, -0.25) is 9.69 Å². The maximum Gasteiger partial charge on any atom is 0.238 e. The van der Waals surface area contributed by atoms with Crippen LogP contribution in [0.4, 0.5) is 5.69 Å². The minimum atomic E-state index is 0.00534. The number of rotatable bonds is 4. The fourth-order valence-corrected chi connectivity index (χ4v) is 2.74. The van der Waals surface area contributed by atoms with Gasteiger partial charge in [-0.05, 0) is 50.1 Å². The third kappa shape index (κ3) is 3.69. The standard InChI is InChI=1S/C14H20ClN3O/c1-10-7-11(15)4-5-13(10)17-14(19)9-18-6-2-3-12(18)8-16/h4-5,7,12H,2-3,6,8-9,16H2,1H3,(H,17,19). The predicted octanol–water partition coefficient (Wildman–Crippen LogP) is 2.01. The molecule has 0 saturated carbocycles. The van der Waals surface area contributed by atoms with Gasteiger partial charge in [0.05, 0.1) is 6.54 Å². The van der Waals surface area contributed by atoms with Gasteiger partial charge in [0, 0.05) is 23.3 Å². The smallest absolute Gasteiger partial charge is 0.238 e. The van der Waals surface area contributed by atoms with E-state index in [1.165, 1.54) is 0 Å². The first-order chi connectivity index (χ1) is 9.10. The summed E-state index contributed by atoms with van der Waals surface area (Å²) in [5, 5.41) is 3.61. The third-order valence-corrected chi connectivity index (χ3v) is 3.82. The summed E-state index contributed by atoms with van der Waals surface area (Å²) in [6.07, 6.45) is 2.21. The van der Waals surface area contributed by atoms with Gasteiger partial charge < -0.3 is 11.1 Å². The molecule has 4 nitrogen and oxygen atoms in total. The second kappa shape index (κ2) is 6.37. The lowest BCUT2D eigenvalue weighted by atomic mass is 10.2. The number of halogens is 1. The molecule has 3 N–H and O–H groups in total. The van der Waals surface area contributed by atoms with E-state index in [4.69, 9.17) is 17.3 Å². The van der Waals surface area contributed by atoms with Gasteiger partial charge in [0.2, 0.25) is 5.91 Å². The second-order valence-electron chi connectivity index (χ2n) is 5.01. The minimum absolute atomic E-state index is 0.00534. The molecule has 2 rings (SSSR count). The number of nitrogens with two attached hydrogens (primary N) is 1. The Morgan fingerprint density at radius 1 is 1.58 bits per heavy atom. The van der Waals surface area contributed by atoms with E-state index in [9.17, 15) is 4.79 Å². The zero-order valence-corrected chi connectivity index (χ0v) is 11.9. The van der Waals surface area contributed by atoms with Crippen LogP contribution in [0.3, 0.4) is 0 Å². The number of benzene rings is 1.